The van der Waals surface area contributed by atoms with Gasteiger partial charge >= 0.3 is 0 Å². The maximum Gasteiger partial charge on any atom is 0.149 e. The Hall–Kier alpha value is -4.53. The van der Waals surface area contributed by atoms with E-state index < -0.39 is 27.7 Å². The number of hydrogen-bond acceptors (Lipinski definition) is 8. The van der Waals surface area contributed by atoms with Gasteiger partial charge in [-0.1, -0.05) is 59.3 Å². The lowest BCUT2D eigenvalue weighted by Gasteiger charge is -2.23. The number of anilines is 2. The van der Waals surface area contributed by atoms with E-state index in [1.54, 1.807) is 23.0 Å². The number of benzene rings is 3. The summed E-state index contributed by atoms with van der Waals surface area (Å²) in [6, 6.07) is 17.9. The first-order valence-electron chi connectivity index (χ1n) is 14.0. The summed E-state index contributed by atoms with van der Waals surface area (Å²) in [5.74, 6) is -0.673. The van der Waals surface area contributed by atoms with Gasteiger partial charge < -0.3 is 10.6 Å². The van der Waals surface area contributed by atoms with Gasteiger partial charge in [0.2, 0.25) is 0 Å². The second kappa shape index (κ2) is 11.6. The number of nitriles is 1. The standard InChI is InChI=1S/C31H27ClFN7O2S/c1-43(41,42)18-28(19-5-3-2-4-6-19)37-29-21(15-34)16-35-31-25(29)13-23(14-26(31)32)36-30(20-7-9-22(33)10-8-20)27-17-40(39-38-27)24-11-12-24/h2-10,13-14,16-17,24,28,30,36H,11-12,18H2,1H3,(H,35,37)/t28-,30-/m1/s1/i30D. The number of hydrogen-bond donors (Lipinski definition) is 2. The molecule has 0 spiro atoms. The highest BCUT2D eigenvalue weighted by atomic mass is 35.5. The van der Waals surface area contributed by atoms with Crippen LogP contribution in [-0.2, 0) is 9.84 Å². The molecule has 2 atom stereocenters. The van der Waals surface area contributed by atoms with Crippen LogP contribution in [0.3, 0.4) is 0 Å². The maximum atomic E-state index is 13.9. The minimum atomic E-state index is -3.43. The van der Waals surface area contributed by atoms with E-state index in [-0.39, 0.29) is 22.4 Å². The van der Waals surface area contributed by atoms with E-state index in [9.17, 15) is 19.4 Å². The Balaban J connectivity index is 1.47. The smallest absolute Gasteiger partial charge is 0.149 e. The van der Waals surface area contributed by atoms with Gasteiger partial charge in [-0.15, -0.1) is 5.10 Å². The molecule has 12 heteroatoms. The second-order valence-corrected chi connectivity index (χ2v) is 13.1. The molecule has 6 rings (SSSR count). The van der Waals surface area contributed by atoms with Crippen molar-refractivity contribution in [1.82, 2.24) is 20.0 Å². The molecule has 218 valence electrons. The van der Waals surface area contributed by atoms with Crippen LogP contribution in [0.1, 0.15) is 54.7 Å². The summed E-state index contributed by atoms with van der Waals surface area (Å²) in [6.45, 7) is 0. The monoisotopic (exact) mass is 616 g/mol. The van der Waals surface area contributed by atoms with E-state index in [4.69, 9.17) is 11.6 Å². The molecule has 0 unspecified atom stereocenters. The number of nitrogens with zero attached hydrogens (tertiary/aromatic N) is 5. The first-order valence-corrected chi connectivity index (χ1v) is 16.0. The molecule has 0 radical (unpaired) electrons. The van der Waals surface area contributed by atoms with Gasteiger partial charge in [0.1, 0.15) is 27.4 Å². The summed E-state index contributed by atoms with van der Waals surface area (Å²) < 4.78 is 50.0. The van der Waals surface area contributed by atoms with Crippen molar-refractivity contribution in [2.24, 2.45) is 0 Å². The number of pyridine rings is 1. The van der Waals surface area contributed by atoms with Gasteiger partial charge in [0.25, 0.3) is 0 Å². The van der Waals surface area contributed by atoms with E-state index >= 15 is 0 Å². The van der Waals surface area contributed by atoms with Crippen LogP contribution >= 0.6 is 11.6 Å². The second-order valence-electron chi connectivity index (χ2n) is 10.5. The zero-order valence-corrected chi connectivity index (χ0v) is 24.6. The third-order valence-electron chi connectivity index (χ3n) is 7.12. The molecule has 1 aliphatic carbocycles. The lowest BCUT2D eigenvalue weighted by molar-refractivity contribution is 0.597. The van der Waals surface area contributed by atoms with Crippen molar-refractivity contribution in [3.8, 4) is 6.07 Å². The Kier molecular flexibility index (Phi) is 7.39. The topological polar surface area (TPSA) is 126 Å². The quantitative estimate of drug-likeness (QED) is 0.189. The van der Waals surface area contributed by atoms with Crippen LogP contribution in [0.4, 0.5) is 15.8 Å². The number of halogens is 2. The molecule has 0 bridgehead atoms. The summed E-state index contributed by atoms with van der Waals surface area (Å²) in [4.78, 5) is 4.41. The molecule has 1 saturated carbocycles. The van der Waals surface area contributed by atoms with Crippen LogP contribution in [0.25, 0.3) is 10.9 Å². The minimum absolute atomic E-state index is 0.184. The molecule has 0 amide bonds. The van der Waals surface area contributed by atoms with E-state index in [1.807, 2.05) is 30.3 Å². The minimum Gasteiger partial charge on any atom is -0.376 e. The van der Waals surface area contributed by atoms with Crippen LogP contribution in [0.5, 0.6) is 0 Å². The molecule has 0 aliphatic heterocycles. The highest BCUT2D eigenvalue weighted by Gasteiger charge is 2.27. The average Bonchev–Trinajstić information content (AvgIpc) is 3.72. The van der Waals surface area contributed by atoms with E-state index in [0.717, 1.165) is 19.1 Å². The fraction of sp³-hybridized carbons (Fsp3) is 0.226. The van der Waals surface area contributed by atoms with E-state index in [1.165, 1.54) is 30.5 Å². The summed E-state index contributed by atoms with van der Waals surface area (Å²) in [6.07, 6.45) is 6.20. The van der Waals surface area contributed by atoms with Crippen molar-refractivity contribution in [2.75, 3.05) is 22.6 Å². The van der Waals surface area contributed by atoms with Crippen LogP contribution < -0.4 is 10.6 Å². The SMILES string of the molecule is [2H][C@@](Nc1cc(Cl)c2ncc(C#N)c(N[C@H](CS(C)(=O)=O)c3ccccc3)c2c1)(c1ccc(F)cc1)c1cn(C2CC2)nn1. The summed E-state index contributed by atoms with van der Waals surface area (Å²) >= 11 is 6.73. The van der Waals surface area contributed by atoms with Crippen molar-refractivity contribution in [1.29, 1.82) is 5.26 Å². The van der Waals surface area contributed by atoms with Crippen LogP contribution in [0.15, 0.2) is 79.1 Å². The van der Waals surface area contributed by atoms with Crippen LogP contribution in [0, 0.1) is 17.1 Å². The van der Waals surface area contributed by atoms with Gasteiger partial charge in [-0.25, -0.2) is 17.5 Å². The molecule has 1 aliphatic rings. The first kappa shape index (κ1) is 27.3. The van der Waals surface area contributed by atoms with Crippen molar-refractivity contribution >= 4 is 43.7 Å². The molecule has 2 N–H and O–H groups in total. The summed E-state index contributed by atoms with van der Waals surface area (Å²) in [7, 11) is -3.43. The van der Waals surface area contributed by atoms with Gasteiger partial charge in [-0.2, -0.15) is 5.26 Å². The van der Waals surface area contributed by atoms with Gasteiger partial charge in [0.15, 0.2) is 0 Å². The van der Waals surface area contributed by atoms with Crippen molar-refractivity contribution in [3.63, 3.8) is 0 Å². The fourth-order valence-corrected chi connectivity index (χ4v) is 6.06. The van der Waals surface area contributed by atoms with E-state index in [0.29, 0.717) is 39.1 Å². The highest BCUT2D eigenvalue weighted by Crippen LogP contribution is 2.38. The molecule has 1 fully saturated rings. The molecule has 2 heterocycles. The van der Waals surface area contributed by atoms with Gasteiger partial charge in [-0.3, -0.25) is 4.98 Å². The number of nitrogens with one attached hydrogen (secondary N) is 2. The zero-order valence-electron chi connectivity index (χ0n) is 24.0. The Morgan fingerprint density at radius 2 is 1.88 bits per heavy atom. The Labute approximate surface area is 254 Å². The molecule has 43 heavy (non-hydrogen) atoms. The third-order valence-corrected chi connectivity index (χ3v) is 8.35. The van der Waals surface area contributed by atoms with Crippen molar-refractivity contribution < 1.29 is 14.2 Å². The zero-order chi connectivity index (χ0) is 31.1. The summed E-state index contributed by atoms with van der Waals surface area (Å²) in [5, 5.41) is 25.7. The molecule has 9 nitrogen and oxygen atoms in total. The van der Waals surface area contributed by atoms with Crippen LogP contribution in [-0.4, -0.2) is 40.4 Å². The predicted molar refractivity (Wildman–Crippen MR) is 164 cm³/mol. The van der Waals surface area contributed by atoms with Crippen molar-refractivity contribution in [3.05, 3.63) is 112 Å². The number of rotatable bonds is 10. The predicted octanol–water partition coefficient (Wildman–Crippen LogP) is 6.22. The van der Waals surface area contributed by atoms with Gasteiger partial charge in [0, 0.05) is 23.5 Å². The van der Waals surface area contributed by atoms with Crippen molar-refractivity contribution in [2.45, 2.75) is 30.9 Å². The molecular formula is C31H27ClFN7O2S. The largest absolute Gasteiger partial charge is 0.376 e. The third kappa shape index (κ3) is 6.45. The normalized spacial score (nSPS) is 15.7. The number of fused-ring (bicyclic) bond motifs is 1. The molecular weight excluding hydrogens is 589 g/mol. The van der Waals surface area contributed by atoms with Gasteiger partial charge in [-0.05, 0) is 48.2 Å². The maximum absolute atomic E-state index is 13.9. The first-order chi connectivity index (χ1) is 21.0. The van der Waals surface area contributed by atoms with Gasteiger partial charge in [0.05, 0.1) is 53.2 Å². The average molecular weight is 617 g/mol. The number of aromatic nitrogens is 4. The molecule has 3 aromatic carbocycles. The number of sulfone groups is 1. The summed E-state index contributed by atoms with van der Waals surface area (Å²) in [5.41, 5.74) is 2.72. The Morgan fingerprint density at radius 3 is 2.56 bits per heavy atom. The molecule has 0 saturated heterocycles. The fourth-order valence-electron chi connectivity index (χ4n) is 4.91. The highest BCUT2D eigenvalue weighted by molar-refractivity contribution is 7.90. The Bertz CT molecular complexity index is 2000. The van der Waals surface area contributed by atoms with E-state index in [2.05, 4.69) is 32.0 Å². The van der Waals surface area contributed by atoms with Crippen LogP contribution in [0.2, 0.25) is 5.02 Å². The Morgan fingerprint density at radius 1 is 1.14 bits per heavy atom. The lowest BCUT2D eigenvalue weighted by Crippen LogP contribution is -2.21. The molecule has 2 aromatic heterocycles. The molecule has 5 aromatic rings. The lowest BCUT2D eigenvalue weighted by atomic mass is 10.0.